The molecule has 0 fully saturated rings. The van der Waals surface area contributed by atoms with Crippen LogP contribution in [0.25, 0.3) is 53.8 Å². The highest BCUT2D eigenvalue weighted by Crippen LogP contribution is 2.44. The van der Waals surface area contributed by atoms with Crippen molar-refractivity contribution in [2.75, 3.05) is 0 Å². The molecule has 0 saturated carbocycles. The van der Waals surface area contributed by atoms with Gasteiger partial charge in [-0.2, -0.15) is 10.5 Å². The number of nitrogens with zero attached hydrogens (tertiary/aromatic N) is 4. The summed E-state index contributed by atoms with van der Waals surface area (Å²) in [5.74, 6) is 0. The molecule has 3 aromatic carbocycles. The molecule has 10 heteroatoms. The van der Waals surface area contributed by atoms with Gasteiger partial charge in [-0.25, -0.2) is 9.13 Å². The Bertz CT molecular complexity index is 2590. The number of thiophene rings is 2. The summed E-state index contributed by atoms with van der Waals surface area (Å²) >= 11 is 2.54. The second-order valence-corrected chi connectivity index (χ2v) is 14.4. The Kier molecular flexibility index (Phi) is 6.19. The van der Waals surface area contributed by atoms with Crippen LogP contribution in [-0.2, 0) is 25.7 Å². The molecule has 0 N–H and O–H groups in total. The molecule has 4 heterocycles. The van der Waals surface area contributed by atoms with Crippen molar-refractivity contribution in [1.82, 2.24) is 9.13 Å². The highest BCUT2D eigenvalue weighted by molar-refractivity contribution is 7.15. The van der Waals surface area contributed by atoms with Crippen LogP contribution in [-0.4, -0.2) is 9.13 Å². The largest absolute Gasteiger partial charge is 0.268 e. The van der Waals surface area contributed by atoms with Gasteiger partial charge in [-0.1, -0.05) is 48.5 Å². The van der Waals surface area contributed by atoms with E-state index in [9.17, 15) is 29.7 Å². The van der Waals surface area contributed by atoms with Crippen molar-refractivity contribution in [1.29, 1.82) is 10.5 Å². The van der Waals surface area contributed by atoms with Crippen molar-refractivity contribution in [3.8, 4) is 44.4 Å². The first-order valence-electron chi connectivity index (χ1n) is 15.6. The fraction of sp³-hybridized carbons (Fsp3) is 0.158. The second kappa shape index (κ2) is 10.4. The SMILES string of the molecule is N#Cc1c(-n2c(=O)c3cc4c(=O)n(-c5sc6c(c5C#N)-c5ccccc5CCC6)c(=O)c4cc3c2=O)sc2c1-c1ccccc1CCC2. The third kappa shape index (κ3) is 3.79. The first-order chi connectivity index (χ1) is 23.4. The number of aryl methyl sites for hydroxylation is 4. The summed E-state index contributed by atoms with van der Waals surface area (Å²) in [6.07, 6.45) is 4.90. The van der Waals surface area contributed by atoms with Crippen molar-refractivity contribution in [2.24, 2.45) is 0 Å². The Morgan fingerprint density at radius 2 is 0.917 bits per heavy atom. The van der Waals surface area contributed by atoms with Crippen molar-refractivity contribution >= 4 is 44.2 Å². The summed E-state index contributed by atoms with van der Waals surface area (Å²) in [6, 6.07) is 22.9. The molecule has 2 aliphatic carbocycles. The molecule has 0 aliphatic heterocycles. The van der Waals surface area contributed by atoms with Crippen LogP contribution in [0.1, 0.15) is 44.8 Å². The van der Waals surface area contributed by atoms with Gasteiger partial charge in [-0.15, -0.1) is 22.7 Å². The summed E-state index contributed by atoms with van der Waals surface area (Å²) in [5.41, 5.74) is 3.58. The summed E-state index contributed by atoms with van der Waals surface area (Å²) in [4.78, 5) is 57.8. The van der Waals surface area contributed by atoms with Crippen molar-refractivity contribution < 1.29 is 0 Å². The van der Waals surface area contributed by atoms with Crippen LogP contribution in [0, 0.1) is 22.7 Å². The number of aromatic nitrogens is 2. The van der Waals surface area contributed by atoms with Gasteiger partial charge in [0.25, 0.3) is 22.2 Å². The van der Waals surface area contributed by atoms with Gasteiger partial charge < -0.3 is 0 Å². The fourth-order valence-electron chi connectivity index (χ4n) is 7.56. The minimum absolute atomic E-state index is 0.00558. The van der Waals surface area contributed by atoms with Gasteiger partial charge in [0, 0.05) is 20.9 Å². The maximum Gasteiger partial charge on any atom is 0.266 e. The van der Waals surface area contributed by atoms with E-state index in [-0.39, 0.29) is 42.7 Å². The molecular formula is C38H22N4O4S2. The lowest BCUT2D eigenvalue weighted by Gasteiger charge is -2.06. The van der Waals surface area contributed by atoms with E-state index in [1.807, 2.05) is 48.5 Å². The Hall–Kier alpha value is -5.68. The molecule has 230 valence electrons. The first kappa shape index (κ1) is 28.5. The summed E-state index contributed by atoms with van der Waals surface area (Å²) in [7, 11) is 0. The van der Waals surface area contributed by atoms with Crippen LogP contribution in [0.15, 0.2) is 79.8 Å². The third-order valence-corrected chi connectivity index (χ3v) is 12.2. The predicted octanol–water partition coefficient (Wildman–Crippen LogP) is 6.07. The smallest absolute Gasteiger partial charge is 0.266 e. The van der Waals surface area contributed by atoms with E-state index in [0.29, 0.717) is 12.8 Å². The molecule has 0 radical (unpaired) electrons. The van der Waals surface area contributed by atoms with E-state index in [2.05, 4.69) is 12.1 Å². The molecule has 0 saturated heterocycles. The van der Waals surface area contributed by atoms with Gasteiger partial charge >= 0.3 is 0 Å². The number of fused-ring (bicyclic) bond motifs is 8. The Morgan fingerprint density at radius 3 is 1.29 bits per heavy atom. The molecule has 8 nitrogen and oxygen atoms in total. The minimum Gasteiger partial charge on any atom is -0.268 e. The maximum absolute atomic E-state index is 14.0. The number of hydrogen-bond acceptors (Lipinski definition) is 8. The summed E-state index contributed by atoms with van der Waals surface area (Å²) < 4.78 is 2.04. The Morgan fingerprint density at radius 1 is 0.542 bits per heavy atom. The van der Waals surface area contributed by atoms with Crippen molar-refractivity contribution in [3.05, 3.63) is 134 Å². The van der Waals surface area contributed by atoms with Crippen LogP contribution >= 0.6 is 22.7 Å². The lowest BCUT2D eigenvalue weighted by atomic mass is 9.97. The lowest BCUT2D eigenvalue weighted by molar-refractivity contribution is 0.844. The first-order valence-corrected chi connectivity index (χ1v) is 17.3. The zero-order valence-corrected chi connectivity index (χ0v) is 26.9. The highest BCUT2D eigenvalue weighted by atomic mass is 32.1. The van der Waals surface area contributed by atoms with E-state index >= 15 is 0 Å². The van der Waals surface area contributed by atoms with Crippen LogP contribution in [0.2, 0.25) is 0 Å². The van der Waals surface area contributed by atoms with Gasteiger partial charge in [0.1, 0.15) is 22.1 Å². The summed E-state index contributed by atoms with van der Waals surface area (Å²) in [5, 5.41) is 21.2. The fourth-order valence-corrected chi connectivity index (χ4v) is 10.2. The van der Waals surface area contributed by atoms with E-state index in [1.54, 1.807) is 0 Å². The van der Waals surface area contributed by atoms with E-state index in [1.165, 1.54) is 34.8 Å². The molecule has 9 rings (SSSR count). The maximum atomic E-state index is 14.0. The molecular weight excluding hydrogens is 641 g/mol. The molecule has 48 heavy (non-hydrogen) atoms. The Balaban J connectivity index is 1.26. The number of nitriles is 2. The molecule has 7 aromatic rings. The number of benzene rings is 3. The Labute approximate surface area is 279 Å². The lowest BCUT2D eigenvalue weighted by Crippen LogP contribution is -2.24. The van der Waals surface area contributed by atoms with Crippen molar-refractivity contribution in [2.45, 2.75) is 38.5 Å². The molecule has 0 unspecified atom stereocenters. The predicted molar refractivity (Wildman–Crippen MR) is 188 cm³/mol. The monoisotopic (exact) mass is 662 g/mol. The van der Waals surface area contributed by atoms with E-state index in [4.69, 9.17) is 0 Å². The topological polar surface area (TPSA) is 126 Å². The average Bonchev–Trinajstić information content (AvgIpc) is 3.69. The zero-order chi connectivity index (χ0) is 32.8. The van der Waals surface area contributed by atoms with Crippen LogP contribution in [0.3, 0.4) is 0 Å². The normalized spacial score (nSPS) is 13.6. The third-order valence-electron chi connectivity index (χ3n) is 9.72. The molecule has 0 spiro atoms. The zero-order valence-electron chi connectivity index (χ0n) is 25.3. The average molecular weight is 663 g/mol. The highest BCUT2D eigenvalue weighted by Gasteiger charge is 2.30. The second-order valence-electron chi connectivity index (χ2n) is 12.2. The van der Waals surface area contributed by atoms with Gasteiger partial charge in [0.2, 0.25) is 0 Å². The quantitative estimate of drug-likeness (QED) is 0.221. The van der Waals surface area contributed by atoms with Crippen LogP contribution in [0.5, 0.6) is 0 Å². The van der Waals surface area contributed by atoms with Gasteiger partial charge in [0.05, 0.1) is 32.7 Å². The number of rotatable bonds is 2. The van der Waals surface area contributed by atoms with Crippen LogP contribution < -0.4 is 22.2 Å². The van der Waals surface area contributed by atoms with Gasteiger partial charge in [0.15, 0.2) is 0 Å². The summed E-state index contributed by atoms with van der Waals surface area (Å²) in [6.45, 7) is 0. The molecule has 0 atom stereocenters. The van der Waals surface area contributed by atoms with Gasteiger partial charge in [-0.05, 0) is 72.9 Å². The van der Waals surface area contributed by atoms with Crippen LogP contribution in [0.4, 0.5) is 0 Å². The minimum atomic E-state index is -0.644. The molecule has 0 bridgehead atoms. The molecule has 4 aromatic heterocycles. The molecule has 2 aliphatic rings. The number of hydrogen-bond donors (Lipinski definition) is 0. The van der Waals surface area contributed by atoms with E-state index in [0.717, 1.165) is 78.0 Å². The van der Waals surface area contributed by atoms with E-state index < -0.39 is 22.2 Å². The van der Waals surface area contributed by atoms with Gasteiger partial charge in [-0.3, -0.25) is 19.2 Å². The molecule has 0 amide bonds. The standard InChI is InChI=1S/C38H22N4O4S2/c39-17-27-31-21-11-3-1-7-19(21)9-5-13-29(31)47-37(27)41-33(43)23-15-25-26(16-24(23)34(41)44)36(46)42(35(25)45)38-28(18-40)32-22-12-4-2-8-20(22)10-6-14-30(32)48-38/h1-4,7-8,11-12,15-16H,5-6,9-10,13-14H2. The van der Waals surface area contributed by atoms with Crippen molar-refractivity contribution in [3.63, 3.8) is 0 Å².